The summed E-state index contributed by atoms with van der Waals surface area (Å²) < 4.78 is 12.7. The van der Waals surface area contributed by atoms with Gasteiger partial charge in [-0.05, 0) is 5.92 Å². The van der Waals surface area contributed by atoms with Crippen molar-refractivity contribution in [3.8, 4) is 0 Å². The van der Waals surface area contributed by atoms with Crippen LogP contribution in [-0.2, 0) is 4.79 Å². The average molecular weight is 188 g/mol. The second-order valence-electron chi connectivity index (χ2n) is 3.93. The molecule has 1 amide bonds. The molecular weight excluding hydrogens is 171 g/mol. The standard InChI is InChI=1S/C9H17FN2O/c1-6(2)4-12-9(13)8-3-7(10)5-11-8/h6-8,11H,3-5H2,1-2H3,(H,12,13)/t7-,8-/m1/s1. The first-order valence-electron chi connectivity index (χ1n) is 4.74. The topological polar surface area (TPSA) is 41.1 Å². The van der Waals surface area contributed by atoms with Crippen molar-refractivity contribution >= 4 is 5.91 Å². The highest BCUT2D eigenvalue weighted by molar-refractivity contribution is 5.82. The quantitative estimate of drug-likeness (QED) is 0.675. The van der Waals surface area contributed by atoms with Crippen molar-refractivity contribution in [1.82, 2.24) is 10.6 Å². The Balaban J connectivity index is 2.24. The molecule has 1 aliphatic heterocycles. The second-order valence-corrected chi connectivity index (χ2v) is 3.93. The number of halogens is 1. The summed E-state index contributed by atoms with van der Waals surface area (Å²) in [6.07, 6.45) is -0.556. The van der Waals surface area contributed by atoms with E-state index in [1.807, 2.05) is 13.8 Å². The van der Waals surface area contributed by atoms with Crippen LogP contribution in [0.1, 0.15) is 20.3 Å². The first-order valence-corrected chi connectivity index (χ1v) is 4.74. The minimum absolute atomic E-state index is 0.0751. The lowest BCUT2D eigenvalue weighted by atomic mass is 10.2. The molecule has 1 aliphatic rings. The summed E-state index contributed by atoms with van der Waals surface area (Å²) in [5, 5.41) is 5.62. The summed E-state index contributed by atoms with van der Waals surface area (Å²) >= 11 is 0. The Labute approximate surface area is 78.1 Å². The van der Waals surface area contributed by atoms with Gasteiger partial charge in [0.15, 0.2) is 0 Å². The van der Waals surface area contributed by atoms with Gasteiger partial charge in [-0.1, -0.05) is 13.8 Å². The Morgan fingerprint density at radius 2 is 2.38 bits per heavy atom. The van der Waals surface area contributed by atoms with Gasteiger partial charge in [0.05, 0.1) is 6.04 Å². The zero-order chi connectivity index (χ0) is 9.84. The van der Waals surface area contributed by atoms with Gasteiger partial charge in [-0.2, -0.15) is 0 Å². The largest absolute Gasteiger partial charge is 0.354 e. The van der Waals surface area contributed by atoms with Crippen LogP contribution in [0.4, 0.5) is 4.39 Å². The van der Waals surface area contributed by atoms with Crippen molar-refractivity contribution < 1.29 is 9.18 Å². The van der Waals surface area contributed by atoms with Crippen molar-refractivity contribution in [1.29, 1.82) is 0 Å². The SMILES string of the molecule is CC(C)CNC(=O)[C@H]1C[C@@H](F)CN1. The Bertz CT molecular complexity index is 184. The third-order valence-corrected chi connectivity index (χ3v) is 2.08. The molecule has 0 aromatic carbocycles. The van der Waals surface area contributed by atoms with Gasteiger partial charge >= 0.3 is 0 Å². The van der Waals surface area contributed by atoms with Crippen LogP contribution in [0.2, 0.25) is 0 Å². The van der Waals surface area contributed by atoms with E-state index in [1.165, 1.54) is 0 Å². The maximum Gasteiger partial charge on any atom is 0.237 e. The highest BCUT2D eigenvalue weighted by atomic mass is 19.1. The molecule has 0 radical (unpaired) electrons. The van der Waals surface area contributed by atoms with Gasteiger partial charge in [-0.15, -0.1) is 0 Å². The molecule has 76 valence electrons. The maximum absolute atomic E-state index is 12.7. The molecule has 1 rings (SSSR count). The van der Waals surface area contributed by atoms with E-state index in [0.717, 1.165) is 0 Å². The van der Waals surface area contributed by atoms with E-state index < -0.39 is 6.17 Å². The number of nitrogens with one attached hydrogen (secondary N) is 2. The first-order chi connectivity index (χ1) is 6.09. The molecule has 0 spiro atoms. The molecule has 0 aromatic heterocycles. The van der Waals surface area contributed by atoms with E-state index in [1.54, 1.807) is 0 Å². The summed E-state index contributed by atoms with van der Waals surface area (Å²) in [7, 11) is 0. The fraction of sp³-hybridized carbons (Fsp3) is 0.889. The molecule has 1 heterocycles. The predicted octanol–water partition coefficient (Wildman–Crippen LogP) is 0.459. The number of carbonyl (C=O) groups excluding carboxylic acids is 1. The Morgan fingerprint density at radius 1 is 1.69 bits per heavy atom. The van der Waals surface area contributed by atoms with E-state index in [2.05, 4.69) is 10.6 Å². The molecule has 1 fully saturated rings. The van der Waals surface area contributed by atoms with Gasteiger partial charge in [0.25, 0.3) is 0 Å². The van der Waals surface area contributed by atoms with Crippen LogP contribution in [-0.4, -0.2) is 31.2 Å². The van der Waals surface area contributed by atoms with Crippen LogP contribution >= 0.6 is 0 Å². The fourth-order valence-corrected chi connectivity index (χ4v) is 1.32. The molecule has 0 saturated carbocycles. The molecule has 0 bridgehead atoms. The van der Waals surface area contributed by atoms with Crippen LogP contribution in [0, 0.1) is 5.92 Å². The highest BCUT2D eigenvalue weighted by Crippen LogP contribution is 2.09. The fourth-order valence-electron chi connectivity index (χ4n) is 1.32. The van der Waals surface area contributed by atoms with Crippen LogP contribution < -0.4 is 10.6 Å². The van der Waals surface area contributed by atoms with Gasteiger partial charge in [-0.3, -0.25) is 4.79 Å². The summed E-state index contributed by atoms with van der Waals surface area (Å²) in [4.78, 5) is 11.4. The van der Waals surface area contributed by atoms with Gasteiger partial charge < -0.3 is 10.6 Å². The van der Waals surface area contributed by atoms with Crippen molar-refractivity contribution in [3.63, 3.8) is 0 Å². The van der Waals surface area contributed by atoms with Crippen molar-refractivity contribution in [2.75, 3.05) is 13.1 Å². The van der Waals surface area contributed by atoms with Crippen molar-refractivity contribution in [2.24, 2.45) is 5.92 Å². The Kier molecular flexibility index (Phi) is 3.66. The summed E-state index contributed by atoms with van der Waals surface area (Å²) in [6.45, 7) is 5.02. The minimum atomic E-state index is -0.866. The van der Waals surface area contributed by atoms with Crippen molar-refractivity contribution in [2.45, 2.75) is 32.5 Å². The number of alkyl halides is 1. The Morgan fingerprint density at radius 3 is 2.85 bits per heavy atom. The molecule has 0 aromatic rings. The summed E-state index contributed by atoms with van der Waals surface area (Å²) in [5.41, 5.74) is 0. The molecule has 13 heavy (non-hydrogen) atoms. The minimum Gasteiger partial charge on any atom is -0.354 e. The van der Waals surface area contributed by atoms with Gasteiger partial charge in [0, 0.05) is 19.5 Å². The maximum atomic E-state index is 12.7. The number of rotatable bonds is 3. The monoisotopic (exact) mass is 188 g/mol. The van der Waals surface area contributed by atoms with E-state index in [4.69, 9.17) is 0 Å². The van der Waals surface area contributed by atoms with E-state index in [-0.39, 0.29) is 11.9 Å². The molecule has 3 nitrogen and oxygen atoms in total. The average Bonchev–Trinajstić information content (AvgIpc) is 2.47. The zero-order valence-electron chi connectivity index (χ0n) is 8.14. The molecule has 0 unspecified atom stereocenters. The number of amides is 1. The molecular formula is C9H17FN2O. The first kappa shape index (κ1) is 10.4. The molecule has 0 aliphatic carbocycles. The van der Waals surface area contributed by atoms with Gasteiger partial charge in [0.1, 0.15) is 6.17 Å². The van der Waals surface area contributed by atoms with Crippen LogP contribution in [0.25, 0.3) is 0 Å². The zero-order valence-corrected chi connectivity index (χ0v) is 8.14. The van der Waals surface area contributed by atoms with E-state index in [0.29, 0.717) is 25.4 Å². The number of hydrogen-bond donors (Lipinski definition) is 2. The second kappa shape index (κ2) is 4.56. The summed E-state index contributed by atoms with van der Waals surface area (Å²) in [5.74, 6) is 0.361. The lowest BCUT2D eigenvalue weighted by Crippen LogP contribution is -2.41. The molecule has 2 N–H and O–H groups in total. The highest BCUT2D eigenvalue weighted by Gasteiger charge is 2.28. The van der Waals surface area contributed by atoms with Crippen LogP contribution in [0.15, 0.2) is 0 Å². The number of carbonyl (C=O) groups is 1. The smallest absolute Gasteiger partial charge is 0.237 e. The van der Waals surface area contributed by atoms with Crippen LogP contribution in [0.5, 0.6) is 0 Å². The van der Waals surface area contributed by atoms with E-state index in [9.17, 15) is 9.18 Å². The number of hydrogen-bond acceptors (Lipinski definition) is 2. The third-order valence-electron chi connectivity index (χ3n) is 2.08. The van der Waals surface area contributed by atoms with Crippen molar-refractivity contribution in [3.05, 3.63) is 0 Å². The Hall–Kier alpha value is -0.640. The normalized spacial score (nSPS) is 28.0. The lowest BCUT2D eigenvalue weighted by Gasteiger charge is -2.12. The predicted molar refractivity (Wildman–Crippen MR) is 49.2 cm³/mol. The molecule has 1 saturated heterocycles. The van der Waals surface area contributed by atoms with Gasteiger partial charge in [-0.25, -0.2) is 4.39 Å². The third kappa shape index (κ3) is 3.30. The summed E-state index contributed by atoms with van der Waals surface area (Å²) in [6, 6.07) is -0.325. The molecule has 2 atom stereocenters. The van der Waals surface area contributed by atoms with Gasteiger partial charge in [0.2, 0.25) is 5.91 Å². The molecule has 4 heteroatoms. The van der Waals surface area contributed by atoms with E-state index >= 15 is 0 Å². The lowest BCUT2D eigenvalue weighted by molar-refractivity contribution is -0.123. The van der Waals surface area contributed by atoms with Crippen LogP contribution in [0.3, 0.4) is 0 Å².